The van der Waals surface area contributed by atoms with E-state index in [2.05, 4.69) is 12.7 Å². The van der Waals surface area contributed by atoms with Crippen LogP contribution >= 0.6 is 0 Å². The standard InChI is InChI=1S/C30H29F3/c1-3-5-6-20-7-9-23(10-8-20)26-17-16-25(19-28(26)31)22-11-13-24(14-12-22)27-18-15-21(4-2)29(32)30(27)33/h3,9,11-20H,1,4-8,10H2,2H3. The molecular formula is C30H29F3. The Kier molecular flexibility index (Phi) is 7.17. The summed E-state index contributed by atoms with van der Waals surface area (Å²) in [4.78, 5) is 0. The molecule has 1 aliphatic rings. The van der Waals surface area contributed by atoms with Crippen LogP contribution in [0.2, 0.25) is 0 Å². The summed E-state index contributed by atoms with van der Waals surface area (Å²) >= 11 is 0. The van der Waals surface area contributed by atoms with Crippen molar-refractivity contribution in [3.05, 3.63) is 102 Å². The lowest BCUT2D eigenvalue weighted by atomic mass is 9.84. The summed E-state index contributed by atoms with van der Waals surface area (Å²) in [5, 5.41) is 0. The van der Waals surface area contributed by atoms with Gasteiger partial charge in [0.05, 0.1) is 0 Å². The number of hydrogen-bond acceptors (Lipinski definition) is 0. The molecule has 3 aromatic carbocycles. The minimum absolute atomic E-state index is 0.226. The van der Waals surface area contributed by atoms with Crippen LogP contribution < -0.4 is 0 Å². The molecule has 1 aliphatic carbocycles. The second-order valence-electron chi connectivity index (χ2n) is 8.76. The van der Waals surface area contributed by atoms with Crippen LogP contribution in [0.5, 0.6) is 0 Å². The Labute approximate surface area is 194 Å². The van der Waals surface area contributed by atoms with E-state index < -0.39 is 11.6 Å². The third-order valence-corrected chi connectivity index (χ3v) is 6.69. The van der Waals surface area contributed by atoms with Gasteiger partial charge in [0, 0.05) is 11.1 Å². The lowest BCUT2D eigenvalue weighted by molar-refractivity contribution is 0.453. The molecule has 0 heterocycles. The van der Waals surface area contributed by atoms with Gasteiger partial charge in [0.1, 0.15) is 5.82 Å². The zero-order valence-corrected chi connectivity index (χ0v) is 19.0. The summed E-state index contributed by atoms with van der Waals surface area (Å²) in [5.41, 5.74) is 4.53. The van der Waals surface area contributed by atoms with Crippen molar-refractivity contribution >= 4 is 5.57 Å². The zero-order valence-electron chi connectivity index (χ0n) is 19.0. The molecule has 1 unspecified atom stereocenters. The van der Waals surface area contributed by atoms with Gasteiger partial charge in [0.25, 0.3) is 0 Å². The minimum atomic E-state index is -0.829. The van der Waals surface area contributed by atoms with E-state index in [9.17, 15) is 13.2 Å². The van der Waals surface area contributed by atoms with Crippen molar-refractivity contribution < 1.29 is 13.2 Å². The fourth-order valence-corrected chi connectivity index (χ4v) is 4.63. The summed E-state index contributed by atoms with van der Waals surface area (Å²) in [6.45, 7) is 5.58. The molecule has 0 N–H and O–H groups in total. The largest absolute Gasteiger partial charge is 0.206 e. The van der Waals surface area contributed by atoms with Crippen molar-refractivity contribution in [2.24, 2.45) is 5.92 Å². The third-order valence-electron chi connectivity index (χ3n) is 6.69. The van der Waals surface area contributed by atoms with Crippen molar-refractivity contribution in [1.29, 1.82) is 0 Å². The van der Waals surface area contributed by atoms with Gasteiger partial charge in [-0.15, -0.1) is 6.58 Å². The van der Waals surface area contributed by atoms with Gasteiger partial charge in [-0.25, -0.2) is 13.2 Å². The second kappa shape index (κ2) is 10.2. The molecule has 170 valence electrons. The van der Waals surface area contributed by atoms with Gasteiger partial charge in [-0.3, -0.25) is 0 Å². The summed E-state index contributed by atoms with van der Waals surface area (Å²) in [5.74, 6) is -1.19. The van der Waals surface area contributed by atoms with Gasteiger partial charge in [-0.1, -0.05) is 67.6 Å². The van der Waals surface area contributed by atoms with Crippen LogP contribution in [0.25, 0.3) is 27.8 Å². The van der Waals surface area contributed by atoms with E-state index in [-0.39, 0.29) is 11.4 Å². The Morgan fingerprint density at radius 3 is 2.21 bits per heavy atom. The van der Waals surface area contributed by atoms with Gasteiger partial charge in [-0.2, -0.15) is 0 Å². The lowest BCUT2D eigenvalue weighted by Crippen LogP contribution is -2.06. The molecule has 33 heavy (non-hydrogen) atoms. The van der Waals surface area contributed by atoms with Gasteiger partial charge >= 0.3 is 0 Å². The molecule has 0 nitrogen and oxygen atoms in total. The van der Waals surface area contributed by atoms with Gasteiger partial charge in [-0.05, 0) is 78.3 Å². The van der Waals surface area contributed by atoms with Crippen LogP contribution in [0.4, 0.5) is 13.2 Å². The average Bonchev–Trinajstić information content (AvgIpc) is 2.85. The number of allylic oxidation sites excluding steroid dienone is 3. The molecule has 4 rings (SSSR count). The number of hydrogen-bond donors (Lipinski definition) is 0. The molecule has 1 atom stereocenters. The zero-order chi connectivity index (χ0) is 23.4. The van der Waals surface area contributed by atoms with E-state index in [1.807, 2.05) is 30.3 Å². The molecule has 3 aromatic rings. The van der Waals surface area contributed by atoms with E-state index in [1.54, 1.807) is 37.3 Å². The average molecular weight is 447 g/mol. The Balaban J connectivity index is 1.53. The maximum Gasteiger partial charge on any atom is 0.166 e. The Hall–Kier alpha value is -3.07. The highest BCUT2D eigenvalue weighted by molar-refractivity contribution is 5.74. The van der Waals surface area contributed by atoms with E-state index in [0.717, 1.165) is 48.8 Å². The highest BCUT2D eigenvalue weighted by Crippen LogP contribution is 2.35. The summed E-state index contributed by atoms with van der Waals surface area (Å²) in [7, 11) is 0. The monoisotopic (exact) mass is 446 g/mol. The van der Waals surface area contributed by atoms with Gasteiger partial charge in [0.2, 0.25) is 0 Å². The van der Waals surface area contributed by atoms with E-state index in [4.69, 9.17) is 0 Å². The Bertz CT molecular complexity index is 1170. The van der Waals surface area contributed by atoms with Crippen molar-refractivity contribution in [2.75, 3.05) is 0 Å². The van der Waals surface area contributed by atoms with Crippen LogP contribution in [0.1, 0.15) is 50.2 Å². The molecule has 0 fully saturated rings. The minimum Gasteiger partial charge on any atom is -0.206 e. The molecule has 3 heteroatoms. The first-order valence-electron chi connectivity index (χ1n) is 11.7. The number of halogens is 3. The van der Waals surface area contributed by atoms with E-state index in [1.165, 1.54) is 0 Å². The van der Waals surface area contributed by atoms with Crippen LogP contribution in [0.15, 0.2) is 73.3 Å². The quantitative estimate of drug-likeness (QED) is 0.317. The Morgan fingerprint density at radius 1 is 0.879 bits per heavy atom. The highest BCUT2D eigenvalue weighted by atomic mass is 19.2. The van der Waals surface area contributed by atoms with Crippen LogP contribution in [-0.4, -0.2) is 0 Å². The Morgan fingerprint density at radius 2 is 1.58 bits per heavy atom. The topological polar surface area (TPSA) is 0 Å². The van der Waals surface area contributed by atoms with Crippen LogP contribution in [-0.2, 0) is 6.42 Å². The third kappa shape index (κ3) is 4.98. The summed E-state index contributed by atoms with van der Waals surface area (Å²) in [6, 6.07) is 15.7. The molecule has 0 amide bonds. The van der Waals surface area contributed by atoms with E-state index in [0.29, 0.717) is 29.0 Å². The first-order chi connectivity index (χ1) is 16.0. The molecule has 0 aromatic heterocycles. The first-order valence-corrected chi connectivity index (χ1v) is 11.7. The van der Waals surface area contributed by atoms with Crippen molar-refractivity contribution in [3.63, 3.8) is 0 Å². The van der Waals surface area contributed by atoms with Crippen molar-refractivity contribution in [1.82, 2.24) is 0 Å². The molecule has 0 aliphatic heterocycles. The van der Waals surface area contributed by atoms with Crippen molar-refractivity contribution in [2.45, 2.75) is 45.4 Å². The van der Waals surface area contributed by atoms with Crippen LogP contribution in [0, 0.1) is 23.4 Å². The lowest BCUT2D eigenvalue weighted by Gasteiger charge is -2.22. The van der Waals surface area contributed by atoms with Gasteiger partial charge in [0.15, 0.2) is 11.6 Å². The smallest absolute Gasteiger partial charge is 0.166 e. The normalized spacial score (nSPS) is 15.9. The molecule has 0 bridgehead atoms. The van der Waals surface area contributed by atoms with E-state index >= 15 is 0 Å². The van der Waals surface area contributed by atoms with Crippen LogP contribution in [0.3, 0.4) is 0 Å². The number of aryl methyl sites for hydroxylation is 1. The second-order valence-corrected chi connectivity index (χ2v) is 8.76. The highest BCUT2D eigenvalue weighted by Gasteiger charge is 2.18. The number of rotatable bonds is 7. The number of benzene rings is 3. The molecule has 0 saturated carbocycles. The molecule has 0 radical (unpaired) electrons. The maximum absolute atomic E-state index is 15.0. The van der Waals surface area contributed by atoms with Gasteiger partial charge < -0.3 is 0 Å². The predicted molar refractivity (Wildman–Crippen MR) is 131 cm³/mol. The summed E-state index contributed by atoms with van der Waals surface area (Å²) in [6.07, 6.45) is 9.72. The molecule has 0 spiro atoms. The SMILES string of the molecule is C=CCCC1CC=C(c2ccc(-c3ccc(-c4ccc(CC)c(F)c4F)cc3)cc2F)CC1. The summed E-state index contributed by atoms with van der Waals surface area (Å²) < 4.78 is 43.7. The van der Waals surface area contributed by atoms with Crippen molar-refractivity contribution in [3.8, 4) is 22.3 Å². The fraction of sp³-hybridized carbons (Fsp3) is 0.267. The maximum atomic E-state index is 15.0. The molecule has 0 saturated heterocycles. The first kappa shape index (κ1) is 23.1. The predicted octanol–water partition coefficient (Wildman–Crippen LogP) is 9.15. The fourth-order valence-electron chi connectivity index (χ4n) is 4.63. The molecular weight excluding hydrogens is 417 g/mol.